The van der Waals surface area contributed by atoms with Gasteiger partial charge in [0.25, 0.3) is 0 Å². The molecule has 15 heavy (non-hydrogen) atoms. The first-order valence-corrected chi connectivity index (χ1v) is 4.73. The van der Waals surface area contributed by atoms with Crippen LogP contribution in [0.2, 0.25) is 0 Å². The summed E-state index contributed by atoms with van der Waals surface area (Å²) >= 11 is 0. The summed E-state index contributed by atoms with van der Waals surface area (Å²) in [6.07, 6.45) is 1.57. The first kappa shape index (κ1) is 10.2. The quantitative estimate of drug-likeness (QED) is 0.483. The minimum atomic E-state index is -0.388. The highest BCUT2D eigenvalue weighted by Gasteiger charge is 2.49. The van der Waals surface area contributed by atoms with Gasteiger partial charge in [0.05, 0.1) is 7.11 Å². The molecule has 0 bridgehead atoms. The second-order valence-electron chi connectivity index (χ2n) is 3.60. The number of epoxide rings is 1. The number of fused-ring (bicyclic) bond motifs is 1. The fraction of sp³-hybridized carbons (Fsp3) is 0.600. The van der Waals surface area contributed by atoms with Crippen molar-refractivity contribution in [1.29, 1.82) is 0 Å². The van der Waals surface area contributed by atoms with Crippen LogP contribution < -0.4 is 0 Å². The summed E-state index contributed by atoms with van der Waals surface area (Å²) < 4.78 is 14.9. The lowest BCUT2D eigenvalue weighted by Crippen LogP contribution is -2.29. The number of carbonyl (C=O) groups is 2. The zero-order chi connectivity index (χ0) is 11.0. The zero-order valence-corrected chi connectivity index (χ0v) is 8.56. The number of carbonyl (C=O) groups excluding carboxylic acids is 2. The molecule has 0 radical (unpaired) electrons. The first-order chi connectivity index (χ1) is 7.11. The van der Waals surface area contributed by atoms with Gasteiger partial charge in [0.2, 0.25) is 0 Å². The van der Waals surface area contributed by atoms with Crippen LogP contribution in [0.4, 0.5) is 0 Å². The first-order valence-electron chi connectivity index (χ1n) is 4.73. The Morgan fingerprint density at radius 1 is 1.53 bits per heavy atom. The minimum absolute atomic E-state index is 0.0812. The van der Waals surface area contributed by atoms with Gasteiger partial charge in [-0.15, -0.1) is 0 Å². The van der Waals surface area contributed by atoms with Crippen LogP contribution in [0, 0.1) is 0 Å². The van der Waals surface area contributed by atoms with Crippen LogP contribution in [0.5, 0.6) is 0 Å². The summed E-state index contributed by atoms with van der Waals surface area (Å²) in [7, 11) is 1.32. The third-order valence-corrected chi connectivity index (χ3v) is 2.48. The standard InChI is InChI=1S/C10H12O5/c1-5(11)14-7-3-6(10(12)13-2)4-8-9(7)15-8/h4,7-9H,3H2,1-2H3/t7-,8-,9+/m1/s1. The molecule has 1 saturated heterocycles. The Balaban J connectivity index is 2.05. The highest BCUT2D eigenvalue weighted by Crippen LogP contribution is 2.37. The molecule has 2 rings (SSSR count). The van der Waals surface area contributed by atoms with E-state index in [1.807, 2.05) is 0 Å². The van der Waals surface area contributed by atoms with E-state index in [1.165, 1.54) is 14.0 Å². The van der Waals surface area contributed by atoms with Gasteiger partial charge in [-0.05, 0) is 6.08 Å². The molecule has 82 valence electrons. The molecule has 0 spiro atoms. The maximum absolute atomic E-state index is 11.3. The fourth-order valence-corrected chi connectivity index (χ4v) is 1.77. The molecule has 0 aromatic rings. The number of esters is 2. The van der Waals surface area contributed by atoms with Gasteiger partial charge in [-0.3, -0.25) is 4.79 Å². The molecule has 0 saturated carbocycles. The molecule has 2 aliphatic rings. The molecular weight excluding hydrogens is 200 g/mol. The average molecular weight is 212 g/mol. The van der Waals surface area contributed by atoms with Gasteiger partial charge in [0.1, 0.15) is 18.3 Å². The molecule has 0 unspecified atom stereocenters. The molecule has 0 aromatic carbocycles. The third-order valence-electron chi connectivity index (χ3n) is 2.48. The van der Waals surface area contributed by atoms with Crippen LogP contribution in [0.25, 0.3) is 0 Å². The van der Waals surface area contributed by atoms with E-state index < -0.39 is 0 Å². The van der Waals surface area contributed by atoms with Crippen LogP contribution in [-0.2, 0) is 23.8 Å². The zero-order valence-electron chi connectivity index (χ0n) is 8.56. The summed E-state index contributed by atoms with van der Waals surface area (Å²) in [6.45, 7) is 1.34. The SMILES string of the molecule is COC(=O)C1=C[C@H]2O[C@H]2[C@H](OC(C)=O)C1. The molecule has 5 heteroatoms. The molecule has 0 N–H and O–H groups in total. The number of methoxy groups -OCH3 is 1. The lowest BCUT2D eigenvalue weighted by Gasteiger charge is -2.18. The van der Waals surface area contributed by atoms with Gasteiger partial charge in [0.15, 0.2) is 0 Å². The van der Waals surface area contributed by atoms with Crippen LogP contribution >= 0.6 is 0 Å². The van der Waals surface area contributed by atoms with Crippen molar-refractivity contribution in [2.75, 3.05) is 7.11 Å². The molecule has 1 heterocycles. The Hall–Kier alpha value is -1.36. The van der Waals surface area contributed by atoms with E-state index in [9.17, 15) is 9.59 Å². The van der Waals surface area contributed by atoms with Crippen LogP contribution in [0.1, 0.15) is 13.3 Å². The Morgan fingerprint density at radius 3 is 2.87 bits per heavy atom. The predicted molar refractivity (Wildman–Crippen MR) is 48.9 cm³/mol. The van der Waals surface area contributed by atoms with Gasteiger partial charge in [-0.25, -0.2) is 4.79 Å². The van der Waals surface area contributed by atoms with Crippen molar-refractivity contribution < 1.29 is 23.8 Å². The molecular formula is C10H12O5. The van der Waals surface area contributed by atoms with Crippen molar-refractivity contribution in [3.63, 3.8) is 0 Å². The second kappa shape index (κ2) is 3.66. The maximum atomic E-state index is 11.3. The van der Waals surface area contributed by atoms with Crippen LogP contribution in [-0.4, -0.2) is 37.4 Å². The molecule has 1 aliphatic heterocycles. The Bertz CT molecular complexity index is 333. The van der Waals surface area contributed by atoms with E-state index in [4.69, 9.17) is 9.47 Å². The van der Waals surface area contributed by atoms with E-state index in [-0.39, 0.29) is 30.3 Å². The molecule has 3 atom stereocenters. The monoisotopic (exact) mass is 212 g/mol. The topological polar surface area (TPSA) is 65.1 Å². The van der Waals surface area contributed by atoms with Crippen molar-refractivity contribution in [2.45, 2.75) is 31.7 Å². The lowest BCUT2D eigenvalue weighted by atomic mass is 9.97. The van der Waals surface area contributed by atoms with E-state index in [1.54, 1.807) is 6.08 Å². The molecule has 0 aromatic heterocycles. The molecule has 5 nitrogen and oxygen atoms in total. The van der Waals surface area contributed by atoms with E-state index >= 15 is 0 Å². The number of hydrogen-bond donors (Lipinski definition) is 0. The summed E-state index contributed by atoms with van der Waals surface area (Å²) in [5, 5.41) is 0. The van der Waals surface area contributed by atoms with E-state index in [0.29, 0.717) is 12.0 Å². The summed E-state index contributed by atoms with van der Waals surface area (Å²) in [4.78, 5) is 22.1. The van der Waals surface area contributed by atoms with Gasteiger partial charge in [0, 0.05) is 18.9 Å². The van der Waals surface area contributed by atoms with Crippen molar-refractivity contribution in [3.05, 3.63) is 11.6 Å². The Labute approximate surface area is 87.0 Å². The molecule has 1 aliphatic carbocycles. The number of rotatable bonds is 2. The smallest absolute Gasteiger partial charge is 0.333 e. The van der Waals surface area contributed by atoms with Gasteiger partial charge in [-0.2, -0.15) is 0 Å². The predicted octanol–water partition coefficient (Wildman–Crippen LogP) is 0.189. The Morgan fingerprint density at radius 2 is 2.27 bits per heavy atom. The number of hydrogen-bond acceptors (Lipinski definition) is 5. The van der Waals surface area contributed by atoms with Gasteiger partial charge < -0.3 is 14.2 Å². The maximum Gasteiger partial charge on any atom is 0.333 e. The van der Waals surface area contributed by atoms with Gasteiger partial charge in [-0.1, -0.05) is 0 Å². The van der Waals surface area contributed by atoms with Crippen LogP contribution in [0.3, 0.4) is 0 Å². The normalized spacial score (nSPS) is 32.4. The van der Waals surface area contributed by atoms with Crippen molar-refractivity contribution in [1.82, 2.24) is 0 Å². The van der Waals surface area contributed by atoms with Gasteiger partial charge >= 0.3 is 11.9 Å². The molecule has 0 amide bonds. The highest BCUT2D eigenvalue weighted by molar-refractivity contribution is 5.89. The summed E-state index contributed by atoms with van der Waals surface area (Å²) in [5.41, 5.74) is 0.516. The van der Waals surface area contributed by atoms with Crippen molar-refractivity contribution in [3.8, 4) is 0 Å². The third kappa shape index (κ3) is 2.02. The van der Waals surface area contributed by atoms with E-state index in [0.717, 1.165) is 0 Å². The second-order valence-corrected chi connectivity index (χ2v) is 3.60. The number of ether oxygens (including phenoxy) is 3. The van der Waals surface area contributed by atoms with Crippen molar-refractivity contribution >= 4 is 11.9 Å². The van der Waals surface area contributed by atoms with Crippen LogP contribution in [0.15, 0.2) is 11.6 Å². The Kier molecular flexibility index (Phi) is 2.48. The highest BCUT2D eigenvalue weighted by atomic mass is 16.6. The molecule has 1 fully saturated rings. The van der Waals surface area contributed by atoms with Crippen molar-refractivity contribution in [2.24, 2.45) is 0 Å². The fourth-order valence-electron chi connectivity index (χ4n) is 1.77. The summed E-state index contributed by atoms with van der Waals surface area (Å²) in [5.74, 6) is -0.749. The largest absolute Gasteiger partial charge is 0.466 e. The minimum Gasteiger partial charge on any atom is -0.466 e. The summed E-state index contributed by atoms with van der Waals surface area (Å²) in [6, 6.07) is 0. The lowest BCUT2D eigenvalue weighted by molar-refractivity contribution is -0.148. The van der Waals surface area contributed by atoms with E-state index in [2.05, 4.69) is 4.74 Å². The average Bonchev–Trinajstić information content (AvgIpc) is 2.94.